The van der Waals surface area contributed by atoms with E-state index in [-0.39, 0.29) is 17.7 Å². The van der Waals surface area contributed by atoms with Crippen molar-refractivity contribution < 1.29 is 9.59 Å². The molecule has 0 bridgehead atoms. The molecule has 0 aliphatic rings. The number of amides is 2. The van der Waals surface area contributed by atoms with E-state index >= 15 is 0 Å². The minimum atomic E-state index is -0.516. The number of nitrogens with one attached hydrogen (secondary N) is 1. The van der Waals surface area contributed by atoms with Crippen LogP contribution in [-0.4, -0.2) is 36.9 Å². The third-order valence-electron chi connectivity index (χ3n) is 3.31. The summed E-state index contributed by atoms with van der Waals surface area (Å²) in [6.07, 6.45) is 0.811. The highest BCUT2D eigenvalue weighted by molar-refractivity contribution is 6.30. The van der Waals surface area contributed by atoms with E-state index in [0.29, 0.717) is 10.6 Å². The zero-order valence-corrected chi connectivity index (χ0v) is 13.1. The molecule has 0 fully saturated rings. The van der Waals surface area contributed by atoms with Crippen LogP contribution in [-0.2, 0) is 4.79 Å². The Morgan fingerprint density at radius 1 is 1.25 bits per heavy atom. The molecule has 1 N–H and O–H groups in total. The van der Waals surface area contributed by atoms with Crippen LogP contribution >= 0.6 is 11.6 Å². The minimum Gasteiger partial charge on any atom is -0.347 e. The second kappa shape index (κ2) is 7.29. The number of carbonyl (C=O) groups excluding carboxylic acids is 2. The zero-order chi connectivity index (χ0) is 15.3. The van der Waals surface area contributed by atoms with Crippen LogP contribution in [0.1, 0.15) is 30.6 Å². The van der Waals surface area contributed by atoms with Crippen molar-refractivity contribution in [3.63, 3.8) is 0 Å². The van der Waals surface area contributed by atoms with Crippen molar-refractivity contribution in [2.75, 3.05) is 14.1 Å². The molecule has 2 atom stereocenters. The first kappa shape index (κ1) is 16.5. The van der Waals surface area contributed by atoms with Gasteiger partial charge in [0.15, 0.2) is 0 Å². The van der Waals surface area contributed by atoms with Crippen molar-refractivity contribution in [1.29, 1.82) is 0 Å². The molecule has 0 heterocycles. The number of hydrogen-bond donors (Lipinski definition) is 1. The largest absolute Gasteiger partial charge is 0.347 e. The predicted molar refractivity (Wildman–Crippen MR) is 80.9 cm³/mol. The average molecular weight is 297 g/mol. The van der Waals surface area contributed by atoms with Crippen LogP contribution in [0.2, 0.25) is 5.02 Å². The summed E-state index contributed by atoms with van der Waals surface area (Å²) in [5.74, 6) is -0.287. The summed E-state index contributed by atoms with van der Waals surface area (Å²) in [5, 5.41) is 3.38. The van der Waals surface area contributed by atoms with Gasteiger partial charge < -0.3 is 10.2 Å². The van der Waals surface area contributed by atoms with Crippen LogP contribution in [0.4, 0.5) is 0 Å². The lowest BCUT2D eigenvalue weighted by molar-refractivity contribution is -0.131. The molecule has 0 saturated heterocycles. The number of rotatable bonds is 5. The molecule has 1 aromatic rings. The summed E-state index contributed by atoms with van der Waals surface area (Å²) < 4.78 is 0. The van der Waals surface area contributed by atoms with Gasteiger partial charge in [-0.25, -0.2) is 0 Å². The van der Waals surface area contributed by atoms with Gasteiger partial charge in [-0.05, 0) is 30.2 Å². The Morgan fingerprint density at radius 2 is 1.80 bits per heavy atom. The Morgan fingerprint density at radius 3 is 2.25 bits per heavy atom. The molecule has 1 rings (SSSR count). The third-order valence-corrected chi connectivity index (χ3v) is 3.56. The van der Waals surface area contributed by atoms with Crippen LogP contribution < -0.4 is 5.32 Å². The monoisotopic (exact) mass is 296 g/mol. The molecule has 0 aromatic heterocycles. The number of halogens is 1. The lowest BCUT2D eigenvalue weighted by Gasteiger charge is -2.26. The fourth-order valence-electron chi connectivity index (χ4n) is 1.79. The molecule has 0 aliphatic carbocycles. The Bertz CT molecular complexity index is 471. The van der Waals surface area contributed by atoms with Crippen LogP contribution in [0, 0.1) is 5.92 Å². The topological polar surface area (TPSA) is 49.4 Å². The lowest BCUT2D eigenvalue weighted by atomic mass is 9.97. The van der Waals surface area contributed by atoms with Crippen LogP contribution in [0.15, 0.2) is 24.3 Å². The van der Waals surface area contributed by atoms with Gasteiger partial charge in [0.05, 0.1) is 0 Å². The van der Waals surface area contributed by atoms with E-state index in [1.807, 2.05) is 13.8 Å². The smallest absolute Gasteiger partial charge is 0.251 e. The molecule has 20 heavy (non-hydrogen) atoms. The van der Waals surface area contributed by atoms with Gasteiger partial charge in [0.2, 0.25) is 5.91 Å². The SMILES string of the molecule is CCC(C)C(NC(=O)c1ccc(Cl)cc1)C(=O)N(C)C. The van der Waals surface area contributed by atoms with Crippen molar-refractivity contribution in [3.8, 4) is 0 Å². The standard InChI is InChI=1S/C15H21ClN2O2/c1-5-10(2)13(15(20)18(3)4)17-14(19)11-6-8-12(16)9-7-11/h6-10,13H,5H2,1-4H3,(H,17,19). The number of carbonyl (C=O) groups is 2. The van der Waals surface area contributed by atoms with E-state index in [1.54, 1.807) is 38.4 Å². The molecular weight excluding hydrogens is 276 g/mol. The maximum absolute atomic E-state index is 12.2. The fraction of sp³-hybridized carbons (Fsp3) is 0.467. The van der Waals surface area contributed by atoms with E-state index in [2.05, 4.69) is 5.32 Å². The Kier molecular flexibility index (Phi) is 6.02. The summed E-state index contributed by atoms with van der Waals surface area (Å²) in [5.41, 5.74) is 0.495. The van der Waals surface area contributed by atoms with Crippen molar-refractivity contribution in [1.82, 2.24) is 10.2 Å². The molecule has 0 aliphatic heterocycles. The summed E-state index contributed by atoms with van der Waals surface area (Å²) >= 11 is 5.79. The fourth-order valence-corrected chi connectivity index (χ4v) is 1.91. The van der Waals surface area contributed by atoms with Crippen molar-refractivity contribution in [2.24, 2.45) is 5.92 Å². The van der Waals surface area contributed by atoms with Gasteiger partial charge in [-0.15, -0.1) is 0 Å². The van der Waals surface area contributed by atoms with E-state index in [0.717, 1.165) is 6.42 Å². The first-order valence-electron chi connectivity index (χ1n) is 6.64. The summed E-state index contributed by atoms with van der Waals surface area (Å²) in [6, 6.07) is 6.08. The Labute approximate surface area is 125 Å². The normalized spacial score (nSPS) is 13.4. The molecule has 0 saturated carbocycles. The van der Waals surface area contributed by atoms with Gasteiger partial charge in [0, 0.05) is 24.7 Å². The number of nitrogens with zero attached hydrogens (tertiary/aromatic N) is 1. The second-order valence-electron chi connectivity index (χ2n) is 5.08. The van der Waals surface area contributed by atoms with Crippen LogP contribution in [0.3, 0.4) is 0 Å². The summed E-state index contributed by atoms with van der Waals surface area (Å²) in [6.45, 7) is 3.95. The lowest BCUT2D eigenvalue weighted by Crippen LogP contribution is -2.49. The summed E-state index contributed by atoms with van der Waals surface area (Å²) in [7, 11) is 3.37. The van der Waals surface area contributed by atoms with E-state index < -0.39 is 6.04 Å². The van der Waals surface area contributed by atoms with Crippen LogP contribution in [0.25, 0.3) is 0 Å². The Balaban J connectivity index is 2.86. The van der Waals surface area contributed by atoms with E-state index in [1.165, 1.54) is 4.90 Å². The molecule has 0 radical (unpaired) electrons. The average Bonchev–Trinajstić information content (AvgIpc) is 2.43. The molecule has 1 aromatic carbocycles. The van der Waals surface area contributed by atoms with E-state index in [4.69, 9.17) is 11.6 Å². The van der Waals surface area contributed by atoms with Gasteiger partial charge in [-0.2, -0.15) is 0 Å². The van der Waals surface area contributed by atoms with Gasteiger partial charge in [0.25, 0.3) is 5.91 Å². The highest BCUT2D eigenvalue weighted by Crippen LogP contribution is 2.13. The minimum absolute atomic E-state index is 0.0705. The number of likely N-dealkylation sites (N-methyl/N-ethyl adjacent to an activating group) is 1. The van der Waals surface area contributed by atoms with Crippen molar-refractivity contribution in [2.45, 2.75) is 26.3 Å². The zero-order valence-electron chi connectivity index (χ0n) is 12.3. The quantitative estimate of drug-likeness (QED) is 0.908. The molecule has 0 spiro atoms. The van der Waals surface area contributed by atoms with Crippen LogP contribution in [0.5, 0.6) is 0 Å². The third kappa shape index (κ3) is 4.23. The maximum Gasteiger partial charge on any atom is 0.251 e. The van der Waals surface area contributed by atoms with Gasteiger partial charge in [0.1, 0.15) is 6.04 Å². The molecule has 2 unspecified atom stereocenters. The second-order valence-corrected chi connectivity index (χ2v) is 5.51. The van der Waals surface area contributed by atoms with Gasteiger partial charge in [-0.1, -0.05) is 31.9 Å². The molecular formula is C15H21ClN2O2. The van der Waals surface area contributed by atoms with Crippen molar-refractivity contribution in [3.05, 3.63) is 34.9 Å². The predicted octanol–water partition coefficient (Wildman–Crippen LogP) is 2.57. The molecule has 4 nitrogen and oxygen atoms in total. The van der Waals surface area contributed by atoms with E-state index in [9.17, 15) is 9.59 Å². The first-order chi connectivity index (χ1) is 9.36. The molecule has 2 amide bonds. The summed E-state index contributed by atoms with van der Waals surface area (Å²) in [4.78, 5) is 25.8. The number of hydrogen-bond acceptors (Lipinski definition) is 2. The van der Waals surface area contributed by atoms with Crippen molar-refractivity contribution >= 4 is 23.4 Å². The van der Waals surface area contributed by atoms with Gasteiger partial charge >= 0.3 is 0 Å². The Hall–Kier alpha value is -1.55. The van der Waals surface area contributed by atoms with Gasteiger partial charge in [-0.3, -0.25) is 9.59 Å². The highest BCUT2D eigenvalue weighted by Gasteiger charge is 2.27. The molecule has 5 heteroatoms. The molecule has 110 valence electrons. The maximum atomic E-state index is 12.2. The first-order valence-corrected chi connectivity index (χ1v) is 7.02. The highest BCUT2D eigenvalue weighted by atomic mass is 35.5. The number of benzene rings is 1.